The van der Waals surface area contributed by atoms with Crippen LogP contribution in [-0.4, -0.2) is 70.7 Å². The largest absolute Gasteiger partial charge is 0.756 e. The number of hydrogen-bond acceptors (Lipinski definition) is 7. The number of carbonyl (C=O) groups excluding carboxylic acids is 1. The molecule has 0 aliphatic heterocycles. The molecule has 0 spiro atoms. The molecular weight excluding hydrogens is 649 g/mol. The molecule has 50 heavy (non-hydrogen) atoms. The summed E-state index contributed by atoms with van der Waals surface area (Å²) in [6.07, 6.45) is 37.5. The third kappa shape index (κ3) is 38.2. The molecule has 8 nitrogen and oxygen atoms in total. The van der Waals surface area contributed by atoms with Gasteiger partial charge in [0, 0.05) is 13.0 Å². The Hall–Kier alpha value is -1.02. The molecule has 1 unspecified atom stereocenters. The van der Waals surface area contributed by atoms with Crippen molar-refractivity contribution < 1.29 is 37.3 Å². The maximum Gasteiger partial charge on any atom is 0.306 e. The number of quaternary nitrogens is 1. The molecule has 2 atom stereocenters. The Balaban J connectivity index is 4.28. The van der Waals surface area contributed by atoms with E-state index >= 15 is 0 Å². The summed E-state index contributed by atoms with van der Waals surface area (Å²) in [7, 11) is 1.35. The number of allylic oxidation sites excluding steroid dienone is 4. The Bertz CT molecular complexity index is 858. The van der Waals surface area contributed by atoms with E-state index in [0.29, 0.717) is 24.1 Å². The van der Waals surface area contributed by atoms with E-state index in [4.69, 9.17) is 18.5 Å². The standard InChI is InChI=1S/C41H80NO7P/c1-6-8-10-12-14-16-18-20-22-24-26-28-30-32-34-41(43)49-40(39-48-50(44,45)47-37-35-42(3,4)5)38-46-36-33-31-29-27-25-23-21-19-17-15-13-11-9-7-2/h12,14,18,20,40H,6-11,13,15-17,19,21-39H2,1-5H3/b14-12-,20-18-/t40-/m1/s1. The molecule has 0 aromatic heterocycles. The van der Waals surface area contributed by atoms with E-state index in [-0.39, 0.29) is 25.8 Å². The molecule has 0 N–H and O–H groups in total. The quantitative estimate of drug-likeness (QED) is 0.0205. The van der Waals surface area contributed by atoms with Crippen molar-refractivity contribution in [2.24, 2.45) is 0 Å². The van der Waals surface area contributed by atoms with Crippen molar-refractivity contribution in [3.63, 3.8) is 0 Å². The molecule has 0 bridgehead atoms. The van der Waals surface area contributed by atoms with Crippen LogP contribution in [-0.2, 0) is 27.9 Å². The fourth-order valence-corrected chi connectivity index (χ4v) is 6.23. The van der Waals surface area contributed by atoms with Gasteiger partial charge in [-0.15, -0.1) is 0 Å². The summed E-state index contributed by atoms with van der Waals surface area (Å²) in [5.41, 5.74) is 0. The van der Waals surface area contributed by atoms with E-state index in [1.165, 1.54) is 96.3 Å². The summed E-state index contributed by atoms with van der Waals surface area (Å²) < 4.78 is 34.5. The van der Waals surface area contributed by atoms with Crippen molar-refractivity contribution >= 4 is 13.8 Å². The van der Waals surface area contributed by atoms with E-state index in [9.17, 15) is 14.3 Å². The average molecular weight is 730 g/mol. The number of likely N-dealkylation sites (N-methyl/N-ethyl adjacent to an activating group) is 1. The predicted molar refractivity (Wildman–Crippen MR) is 208 cm³/mol. The fraction of sp³-hybridized carbons (Fsp3) is 0.878. The van der Waals surface area contributed by atoms with E-state index in [0.717, 1.165) is 57.8 Å². The van der Waals surface area contributed by atoms with Gasteiger partial charge in [0.1, 0.15) is 19.3 Å². The maximum atomic E-state index is 12.6. The molecule has 9 heteroatoms. The molecule has 0 radical (unpaired) electrons. The minimum Gasteiger partial charge on any atom is -0.756 e. The minimum atomic E-state index is -4.52. The smallest absolute Gasteiger partial charge is 0.306 e. The molecule has 0 fully saturated rings. The number of hydrogen-bond donors (Lipinski definition) is 0. The predicted octanol–water partition coefficient (Wildman–Crippen LogP) is 11.0. The molecule has 296 valence electrons. The van der Waals surface area contributed by atoms with Crippen LogP contribution in [0.3, 0.4) is 0 Å². The lowest BCUT2D eigenvalue weighted by Gasteiger charge is -2.28. The summed E-state index contributed by atoms with van der Waals surface area (Å²) in [6, 6.07) is 0. The summed E-state index contributed by atoms with van der Waals surface area (Å²) >= 11 is 0. The van der Waals surface area contributed by atoms with Crippen molar-refractivity contribution in [3.05, 3.63) is 24.3 Å². The highest BCUT2D eigenvalue weighted by molar-refractivity contribution is 7.45. The first-order valence-electron chi connectivity index (χ1n) is 20.6. The third-order valence-electron chi connectivity index (χ3n) is 8.76. The monoisotopic (exact) mass is 730 g/mol. The summed E-state index contributed by atoms with van der Waals surface area (Å²) in [4.78, 5) is 25.0. The van der Waals surface area contributed by atoms with Crippen LogP contribution in [0, 0.1) is 0 Å². The van der Waals surface area contributed by atoms with Crippen molar-refractivity contribution in [1.29, 1.82) is 0 Å². The number of carbonyl (C=O) groups is 1. The fourth-order valence-electron chi connectivity index (χ4n) is 5.50. The highest BCUT2D eigenvalue weighted by Gasteiger charge is 2.20. The van der Waals surface area contributed by atoms with Crippen LogP contribution in [0.15, 0.2) is 24.3 Å². The van der Waals surface area contributed by atoms with E-state index in [1.54, 1.807) is 0 Å². The highest BCUT2D eigenvalue weighted by Crippen LogP contribution is 2.38. The molecule has 0 aliphatic rings. The zero-order valence-electron chi connectivity index (χ0n) is 33.4. The van der Waals surface area contributed by atoms with Crippen LogP contribution < -0.4 is 4.89 Å². The number of rotatable bonds is 38. The number of ether oxygens (including phenoxy) is 2. The third-order valence-corrected chi connectivity index (χ3v) is 9.72. The first-order valence-corrected chi connectivity index (χ1v) is 22.0. The van der Waals surface area contributed by atoms with Crippen molar-refractivity contribution in [2.75, 3.05) is 54.1 Å². The van der Waals surface area contributed by atoms with Gasteiger partial charge < -0.3 is 27.9 Å². The van der Waals surface area contributed by atoms with Crippen LogP contribution in [0.5, 0.6) is 0 Å². The second kappa shape index (κ2) is 35.0. The maximum absolute atomic E-state index is 12.6. The lowest BCUT2D eigenvalue weighted by atomic mass is 10.0. The van der Waals surface area contributed by atoms with Gasteiger partial charge in [-0.2, -0.15) is 0 Å². The van der Waals surface area contributed by atoms with E-state index in [1.807, 2.05) is 21.1 Å². The Morgan fingerprint density at radius 1 is 0.620 bits per heavy atom. The molecular formula is C41H80NO7P. The number of esters is 1. The van der Waals surface area contributed by atoms with Crippen molar-refractivity contribution in [2.45, 2.75) is 180 Å². The second-order valence-corrected chi connectivity index (χ2v) is 16.4. The molecule has 0 saturated carbocycles. The lowest BCUT2D eigenvalue weighted by molar-refractivity contribution is -0.870. The number of unbranched alkanes of at least 4 members (excludes halogenated alkanes) is 20. The Labute approximate surface area is 309 Å². The topological polar surface area (TPSA) is 94.1 Å². The number of nitrogens with zero attached hydrogens (tertiary/aromatic N) is 1. The van der Waals surface area contributed by atoms with Gasteiger partial charge >= 0.3 is 5.97 Å². The zero-order chi connectivity index (χ0) is 37.0. The van der Waals surface area contributed by atoms with E-state index in [2.05, 4.69) is 38.2 Å². The van der Waals surface area contributed by atoms with Crippen LogP contribution in [0.4, 0.5) is 0 Å². The lowest BCUT2D eigenvalue weighted by Crippen LogP contribution is -2.37. The molecule has 0 aliphatic carbocycles. The Kier molecular flexibility index (Phi) is 34.3. The van der Waals surface area contributed by atoms with E-state index < -0.39 is 13.9 Å². The van der Waals surface area contributed by atoms with Crippen molar-refractivity contribution in [3.8, 4) is 0 Å². The summed E-state index contributed by atoms with van der Waals surface area (Å²) in [6.45, 7) is 5.37. The number of phosphoric ester groups is 1. The second-order valence-electron chi connectivity index (χ2n) is 15.0. The summed E-state index contributed by atoms with van der Waals surface area (Å²) in [5.74, 6) is -0.347. The van der Waals surface area contributed by atoms with Crippen LogP contribution in [0.25, 0.3) is 0 Å². The van der Waals surface area contributed by atoms with Crippen LogP contribution >= 0.6 is 7.82 Å². The molecule has 0 heterocycles. The average Bonchev–Trinajstić information content (AvgIpc) is 3.06. The highest BCUT2D eigenvalue weighted by atomic mass is 31.2. The van der Waals surface area contributed by atoms with Gasteiger partial charge in [-0.25, -0.2) is 0 Å². The van der Waals surface area contributed by atoms with Gasteiger partial charge in [0.25, 0.3) is 7.82 Å². The molecule has 0 saturated heterocycles. The Morgan fingerprint density at radius 3 is 1.68 bits per heavy atom. The van der Waals surface area contributed by atoms with Crippen LogP contribution in [0.1, 0.15) is 174 Å². The molecule has 0 amide bonds. The minimum absolute atomic E-state index is 0.0249. The van der Waals surface area contributed by atoms with Gasteiger partial charge in [-0.05, 0) is 38.5 Å². The van der Waals surface area contributed by atoms with Gasteiger partial charge in [-0.3, -0.25) is 9.36 Å². The molecule has 0 aromatic carbocycles. The van der Waals surface area contributed by atoms with Gasteiger partial charge in [-0.1, -0.05) is 154 Å². The molecule has 0 rings (SSSR count). The van der Waals surface area contributed by atoms with Gasteiger partial charge in [0.05, 0.1) is 34.4 Å². The summed E-state index contributed by atoms with van der Waals surface area (Å²) in [5, 5.41) is 0. The first kappa shape index (κ1) is 49.0. The number of phosphoric acid groups is 1. The van der Waals surface area contributed by atoms with Gasteiger partial charge in [0.2, 0.25) is 0 Å². The van der Waals surface area contributed by atoms with Gasteiger partial charge in [0.15, 0.2) is 0 Å². The van der Waals surface area contributed by atoms with Crippen molar-refractivity contribution in [1.82, 2.24) is 0 Å². The zero-order valence-corrected chi connectivity index (χ0v) is 34.2. The normalized spacial score (nSPS) is 14.1. The first-order chi connectivity index (χ1) is 24.1. The van der Waals surface area contributed by atoms with Crippen LogP contribution in [0.2, 0.25) is 0 Å². The SMILES string of the molecule is CCCC/C=C\C/C=C\CCCCCCCC(=O)O[C@H](COCCCCCCCCCCCCCCCC)COP(=O)([O-])OCC[N+](C)(C)C. The molecule has 0 aromatic rings. The Morgan fingerprint density at radius 2 is 1.12 bits per heavy atom.